The van der Waals surface area contributed by atoms with Crippen LogP contribution < -0.4 is 10.2 Å². The zero-order valence-electron chi connectivity index (χ0n) is 14.9. The second kappa shape index (κ2) is 8.26. The Morgan fingerprint density at radius 1 is 1.15 bits per heavy atom. The summed E-state index contributed by atoms with van der Waals surface area (Å²) >= 11 is 1.36. The Kier molecular flexibility index (Phi) is 5.38. The molecule has 3 aromatic rings. The molecule has 1 aliphatic heterocycles. The summed E-state index contributed by atoms with van der Waals surface area (Å²) in [7, 11) is 0. The van der Waals surface area contributed by atoms with E-state index in [1.54, 1.807) is 0 Å². The molecule has 0 aliphatic carbocycles. The summed E-state index contributed by atoms with van der Waals surface area (Å²) in [6.07, 6.45) is 8.38. The molecule has 0 saturated carbocycles. The summed E-state index contributed by atoms with van der Waals surface area (Å²) in [5.41, 5.74) is 1.65. The highest BCUT2D eigenvalue weighted by Crippen LogP contribution is 2.20. The number of rotatable bonds is 5. The summed E-state index contributed by atoms with van der Waals surface area (Å²) in [6.45, 7) is 2.57. The second-order valence-electron chi connectivity index (χ2n) is 6.50. The standard InChI is InChI=1S/C18H21N7OS/c26-18(17-15(7-10-27-17)25-13-21-22-23-25)20-12-14-5-6-16(19-11-14)24-8-3-1-2-4-9-24/h5-7,10-11,13H,1-4,8-9,12H2,(H,20,26). The van der Waals surface area contributed by atoms with Crippen molar-refractivity contribution in [2.45, 2.75) is 32.2 Å². The van der Waals surface area contributed by atoms with E-state index in [4.69, 9.17) is 0 Å². The minimum atomic E-state index is -0.146. The summed E-state index contributed by atoms with van der Waals surface area (Å²) in [4.78, 5) is 20.1. The number of carbonyl (C=O) groups excluding carboxylic acids is 1. The molecule has 9 heteroatoms. The molecule has 27 heavy (non-hydrogen) atoms. The summed E-state index contributed by atoms with van der Waals surface area (Å²) in [5.74, 6) is 0.873. The van der Waals surface area contributed by atoms with Crippen LogP contribution in [0.25, 0.3) is 5.69 Å². The molecule has 0 bridgehead atoms. The fourth-order valence-electron chi connectivity index (χ4n) is 3.20. The van der Waals surface area contributed by atoms with Crippen LogP contribution in [-0.2, 0) is 6.54 Å². The van der Waals surface area contributed by atoms with Gasteiger partial charge in [-0.1, -0.05) is 18.9 Å². The molecular formula is C18H21N7OS. The van der Waals surface area contributed by atoms with Crippen LogP contribution in [-0.4, -0.2) is 44.2 Å². The lowest BCUT2D eigenvalue weighted by molar-refractivity contribution is 0.0955. The highest BCUT2D eigenvalue weighted by molar-refractivity contribution is 7.12. The molecule has 1 N–H and O–H groups in total. The Bertz CT molecular complexity index is 868. The maximum Gasteiger partial charge on any atom is 0.263 e. The van der Waals surface area contributed by atoms with Crippen LogP contribution in [0.3, 0.4) is 0 Å². The van der Waals surface area contributed by atoms with Crippen LogP contribution in [0.5, 0.6) is 0 Å². The number of hydrogen-bond donors (Lipinski definition) is 1. The van der Waals surface area contributed by atoms with E-state index < -0.39 is 0 Å². The van der Waals surface area contributed by atoms with Crippen molar-refractivity contribution in [3.05, 3.63) is 46.5 Å². The molecule has 3 aromatic heterocycles. The lowest BCUT2D eigenvalue weighted by atomic mass is 10.2. The number of nitrogens with one attached hydrogen (secondary N) is 1. The lowest BCUT2D eigenvalue weighted by Gasteiger charge is -2.21. The molecule has 8 nitrogen and oxygen atoms in total. The zero-order valence-corrected chi connectivity index (χ0v) is 15.7. The predicted octanol–water partition coefficient (Wildman–Crippen LogP) is 2.43. The molecule has 4 rings (SSSR count). The van der Waals surface area contributed by atoms with E-state index in [1.807, 2.05) is 29.8 Å². The van der Waals surface area contributed by atoms with Gasteiger partial charge in [-0.3, -0.25) is 4.79 Å². The lowest BCUT2D eigenvalue weighted by Crippen LogP contribution is -2.25. The van der Waals surface area contributed by atoms with E-state index in [-0.39, 0.29) is 5.91 Å². The minimum Gasteiger partial charge on any atom is -0.357 e. The van der Waals surface area contributed by atoms with Crippen molar-refractivity contribution in [2.24, 2.45) is 0 Å². The first-order valence-corrected chi connectivity index (χ1v) is 9.98. The maximum absolute atomic E-state index is 12.5. The van der Waals surface area contributed by atoms with Gasteiger partial charge in [0.15, 0.2) is 0 Å². The highest BCUT2D eigenvalue weighted by Gasteiger charge is 2.16. The summed E-state index contributed by atoms with van der Waals surface area (Å²) in [5, 5.41) is 15.9. The predicted molar refractivity (Wildman–Crippen MR) is 103 cm³/mol. The normalized spacial score (nSPS) is 14.7. The van der Waals surface area contributed by atoms with Gasteiger partial charge >= 0.3 is 0 Å². The van der Waals surface area contributed by atoms with Gasteiger partial charge in [-0.25, -0.2) is 4.98 Å². The Hall–Kier alpha value is -2.81. The Morgan fingerprint density at radius 2 is 2.00 bits per heavy atom. The maximum atomic E-state index is 12.5. The van der Waals surface area contributed by atoms with Crippen LogP contribution >= 0.6 is 11.3 Å². The number of nitrogens with zero attached hydrogens (tertiary/aromatic N) is 6. The number of hydrogen-bond acceptors (Lipinski definition) is 7. The number of pyridine rings is 1. The van der Waals surface area contributed by atoms with Crippen molar-refractivity contribution in [1.82, 2.24) is 30.5 Å². The zero-order chi connectivity index (χ0) is 18.5. The first-order valence-electron chi connectivity index (χ1n) is 9.10. The third-order valence-electron chi connectivity index (χ3n) is 4.64. The molecule has 1 aliphatic rings. The molecule has 0 unspecified atom stereocenters. The van der Waals surface area contributed by atoms with Gasteiger partial charge in [-0.15, -0.1) is 16.4 Å². The molecule has 0 radical (unpaired) electrons. The van der Waals surface area contributed by atoms with E-state index in [2.05, 4.69) is 30.7 Å². The van der Waals surface area contributed by atoms with Crippen LogP contribution in [0.1, 0.15) is 40.9 Å². The van der Waals surface area contributed by atoms with Crippen molar-refractivity contribution < 1.29 is 4.79 Å². The number of anilines is 1. The van der Waals surface area contributed by atoms with Gasteiger partial charge in [0.1, 0.15) is 17.0 Å². The number of tetrazole rings is 1. The van der Waals surface area contributed by atoms with E-state index >= 15 is 0 Å². The summed E-state index contributed by atoms with van der Waals surface area (Å²) in [6, 6.07) is 5.90. The van der Waals surface area contributed by atoms with Gasteiger partial charge < -0.3 is 10.2 Å². The van der Waals surface area contributed by atoms with E-state index in [0.717, 1.165) is 24.5 Å². The molecule has 0 aromatic carbocycles. The van der Waals surface area contributed by atoms with Gasteiger partial charge in [-0.05, 0) is 46.3 Å². The Morgan fingerprint density at radius 3 is 2.70 bits per heavy atom. The van der Waals surface area contributed by atoms with E-state index in [1.165, 1.54) is 48.0 Å². The fraction of sp³-hybridized carbons (Fsp3) is 0.389. The van der Waals surface area contributed by atoms with E-state index in [0.29, 0.717) is 17.1 Å². The number of aromatic nitrogens is 5. The van der Waals surface area contributed by atoms with Gasteiger partial charge in [0, 0.05) is 25.8 Å². The molecule has 140 valence electrons. The van der Waals surface area contributed by atoms with Gasteiger partial charge in [0.05, 0.1) is 5.69 Å². The van der Waals surface area contributed by atoms with Crippen LogP contribution in [0.4, 0.5) is 5.82 Å². The summed E-state index contributed by atoms with van der Waals surface area (Å²) < 4.78 is 1.49. The number of thiophene rings is 1. The molecular weight excluding hydrogens is 362 g/mol. The van der Waals surface area contributed by atoms with Crippen molar-refractivity contribution in [3.8, 4) is 5.69 Å². The molecule has 1 saturated heterocycles. The quantitative estimate of drug-likeness (QED) is 0.728. The van der Waals surface area contributed by atoms with Crippen molar-refractivity contribution >= 4 is 23.1 Å². The monoisotopic (exact) mass is 383 g/mol. The SMILES string of the molecule is O=C(NCc1ccc(N2CCCCCC2)nc1)c1sccc1-n1cnnn1. The third-order valence-corrected chi connectivity index (χ3v) is 5.54. The number of carbonyl (C=O) groups is 1. The van der Waals surface area contributed by atoms with E-state index in [9.17, 15) is 4.79 Å². The third kappa shape index (κ3) is 4.13. The smallest absolute Gasteiger partial charge is 0.263 e. The average Bonchev–Trinajstić information content (AvgIpc) is 3.33. The minimum absolute atomic E-state index is 0.146. The first kappa shape index (κ1) is 17.6. The average molecular weight is 383 g/mol. The molecule has 1 amide bonds. The molecule has 0 atom stereocenters. The van der Waals surface area contributed by atoms with Crippen molar-refractivity contribution in [1.29, 1.82) is 0 Å². The van der Waals surface area contributed by atoms with Crippen LogP contribution in [0.15, 0.2) is 36.1 Å². The molecule has 0 spiro atoms. The number of amides is 1. The topological polar surface area (TPSA) is 88.8 Å². The van der Waals surface area contributed by atoms with Crippen molar-refractivity contribution in [2.75, 3.05) is 18.0 Å². The Balaban J connectivity index is 1.38. The van der Waals surface area contributed by atoms with Crippen molar-refractivity contribution in [3.63, 3.8) is 0 Å². The van der Waals surface area contributed by atoms with Gasteiger partial charge in [0.25, 0.3) is 5.91 Å². The Labute approximate surface area is 161 Å². The van der Waals surface area contributed by atoms with Gasteiger partial charge in [-0.2, -0.15) is 4.68 Å². The largest absolute Gasteiger partial charge is 0.357 e. The van der Waals surface area contributed by atoms with Crippen LogP contribution in [0.2, 0.25) is 0 Å². The fourth-order valence-corrected chi connectivity index (χ4v) is 3.99. The first-order chi connectivity index (χ1) is 13.3. The highest BCUT2D eigenvalue weighted by atomic mass is 32.1. The van der Waals surface area contributed by atoms with Gasteiger partial charge in [0.2, 0.25) is 0 Å². The van der Waals surface area contributed by atoms with Crippen LogP contribution in [0, 0.1) is 0 Å². The molecule has 4 heterocycles. The molecule has 1 fully saturated rings. The second-order valence-corrected chi connectivity index (χ2v) is 7.41.